The van der Waals surface area contributed by atoms with E-state index in [1.807, 2.05) is 36.4 Å². The minimum Gasteiger partial charge on any atom is -0.463 e. The van der Waals surface area contributed by atoms with Crippen molar-refractivity contribution in [1.29, 1.82) is 0 Å². The maximum atomic E-state index is 13.2. The van der Waals surface area contributed by atoms with Crippen molar-refractivity contribution in [3.05, 3.63) is 81.5 Å². The molecule has 0 aromatic heterocycles. The monoisotopic (exact) mass is 379 g/mol. The van der Waals surface area contributed by atoms with Crippen LogP contribution in [-0.2, 0) is 9.53 Å². The fourth-order valence-corrected chi connectivity index (χ4v) is 4.09. The Morgan fingerprint density at radius 2 is 1.74 bits per heavy atom. The smallest absolute Gasteiger partial charge is 0.336 e. The summed E-state index contributed by atoms with van der Waals surface area (Å²) in [6.07, 6.45) is 0. The average molecular weight is 380 g/mol. The molecule has 0 amide bonds. The summed E-state index contributed by atoms with van der Waals surface area (Å²) in [5, 5.41) is 0.600. The van der Waals surface area contributed by atoms with Gasteiger partial charge in [-0.05, 0) is 31.5 Å². The van der Waals surface area contributed by atoms with E-state index in [9.17, 15) is 9.59 Å². The van der Waals surface area contributed by atoms with Gasteiger partial charge in [0.1, 0.15) is 0 Å². The number of Topliss-reactive ketones (excluding diaryl/α,β-unsaturated/α-hetero) is 1. The second-order valence-electron chi connectivity index (χ2n) is 6.63. The number of allylic oxidation sites excluding steroid dienone is 1. The van der Waals surface area contributed by atoms with Crippen LogP contribution in [0.15, 0.2) is 64.8 Å². The molecule has 0 spiro atoms. The molecule has 2 atom stereocenters. The van der Waals surface area contributed by atoms with Crippen LogP contribution in [0.3, 0.4) is 0 Å². The number of hydrogen-bond acceptors (Lipinski definition) is 4. The van der Waals surface area contributed by atoms with E-state index in [1.165, 1.54) is 0 Å². The minimum atomic E-state index is -0.535. The molecule has 1 aliphatic carbocycles. The molecule has 4 nitrogen and oxygen atoms in total. The van der Waals surface area contributed by atoms with E-state index >= 15 is 0 Å². The van der Waals surface area contributed by atoms with Gasteiger partial charge < -0.3 is 4.74 Å². The van der Waals surface area contributed by atoms with Gasteiger partial charge in [0.15, 0.2) is 5.78 Å². The molecule has 5 heteroatoms. The van der Waals surface area contributed by atoms with Crippen LogP contribution in [-0.4, -0.2) is 24.1 Å². The number of esters is 1. The summed E-state index contributed by atoms with van der Waals surface area (Å²) in [6, 6.07) is 14.7. The van der Waals surface area contributed by atoms with Gasteiger partial charge in [0.2, 0.25) is 0 Å². The number of ketones is 1. The van der Waals surface area contributed by atoms with E-state index in [4.69, 9.17) is 16.3 Å². The first-order valence-electron chi connectivity index (χ1n) is 8.88. The lowest BCUT2D eigenvalue weighted by molar-refractivity contribution is -0.139. The van der Waals surface area contributed by atoms with Gasteiger partial charge in [-0.25, -0.2) is 4.79 Å². The third-order valence-electron chi connectivity index (χ3n) is 5.09. The normalized spacial score (nSPS) is 20.9. The van der Waals surface area contributed by atoms with Crippen LogP contribution in [0.4, 0.5) is 0 Å². The molecule has 0 unspecified atom stereocenters. The zero-order valence-electron chi connectivity index (χ0n) is 15.0. The van der Waals surface area contributed by atoms with Crippen molar-refractivity contribution < 1.29 is 14.3 Å². The Hall–Kier alpha value is -2.72. The van der Waals surface area contributed by atoms with E-state index in [-0.39, 0.29) is 12.4 Å². The second-order valence-corrected chi connectivity index (χ2v) is 7.07. The number of aliphatic imine (C=N–C) groups is 1. The first-order chi connectivity index (χ1) is 13.0. The lowest BCUT2D eigenvalue weighted by atomic mass is 9.75. The van der Waals surface area contributed by atoms with Crippen LogP contribution >= 0.6 is 11.6 Å². The fraction of sp³-hybridized carbons (Fsp3) is 0.227. The van der Waals surface area contributed by atoms with E-state index in [1.54, 1.807) is 26.0 Å². The van der Waals surface area contributed by atoms with Crippen molar-refractivity contribution in [3.63, 3.8) is 0 Å². The van der Waals surface area contributed by atoms with E-state index in [0.717, 1.165) is 16.8 Å². The maximum Gasteiger partial charge on any atom is 0.336 e. The zero-order chi connectivity index (χ0) is 19.1. The summed E-state index contributed by atoms with van der Waals surface area (Å²) in [5.41, 5.74) is 4.09. The van der Waals surface area contributed by atoms with Crippen LogP contribution < -0.4 is 0 Å². The molecule has 1 heterocycles. The van der Waals surface area contributed by atoms with Crippen molar-refractivity contribution in [2.24, 2.45) is 10.9 Å². The van der Waals surface area contributed by atoms with Crippen LogP contribution in [0.1, 0.15) is 41.3 Å². The molecule has 27 heavy (non-hydrogen) atoms. The number of carbonyl (C=O) groups is 2. The lowest BCUT2D eigenvalue weighted by Gasteiger charge is -2.30. The quantitative estimate of drug-likeness (QED) is 0.733. The van der Waals surface area contributed by atoms with Crippen molar-refractivity contribution >= 4 is 29.1 Å². The summed E-state index contributed by atoms with van der Waals surface area (Å²) in [4.78, 5) is 30.6. The molecule has 0 saturated carbocycles. The summed E-state index contributed by atoms with van der Waals surface area (Å²) in [6.45, 7) is 3.82. The van der Waals surface area contributed by atoms with E-state index < -0.39 is 17.8 Å². The Morgan fingerprint density at radius 3 is 2.41 bits per heavy atom. The van der Waals surface area contributed by atoms with Gasteiger partial charge in [-0.15, -0.1) is 0 Å². The van der Waals surface area contributed by atoms with Crippen LogP contribution in [0.5, 0.6) is 0 Å². The molecule has 0 N–H and O–H groups in total. The zero-order valence-corrected chi connectivity index (χ0v) is 15.8. The van der Waals surface area contributed by atoms with Gasteiger partial charge in [0, 0.05) is 27.8 Å². The molecule has 0 fully saturated rings. The van der Waals surface area contributed by atoms with Crippen LogP contribution in [0, 0.1) is 5.92 Å². The largest absolute Gasteiger partial charge is 0.463 e. The van der Waals surface area contributed by atoms with Crippen molar-refractivity contribution in [3.8, 4) is 0 Å². The van der Waals surface area contributed by atoms with E-state index in [0.29, 0.717) is 21.9 Å². The lowest BCUT2D eigenvalue weighted by Crippen LogP contribution is -2.32. The number of rotatable bonds is 3. The Bertz CT molecular complexity index is 1000. The Kier molecular flexibility index (Phi) is 4.44. The van der Waals surface area contributed by atoms with E-state index in [2.05, 4.69) is 4.99 Å². The summed E-state index contributed by atoms with van der Waals surface area (Å²) in [7, 11) is 0. The van der Waals surface area contributed by atoms with Gasteiger partial charge in [-0.2, -0.15) is 0 Å². The molecule has 0 bridgehead atoms. The average Bonchev–Trinajstić information content (AvgIpc) is 2.94. The molecule has 0 saturated heterocycles. The van der Waals surface area contributed by atoms with Gasteiger partial charge in [0.05, 0.1) is 23.8 Å². The third-order valence-corrected chi connectivity index (χ3v) is 5.34. The van der Waals surface area contributed by atoms with Gasteiger partial charge >= 0.3 is 5.97 Å². The first-order valence-corrected chi connectivity index (χ1v) is 9.26. The number of hydrogen-bond donors (Lipinski definition) is 0. The number of halogens is 1. The molecular weight excluding hydrogens is 362 g/mol. The number of ether oxygens (including phenoxy) is 1. The topological polar surface area (TPSA) is 55.7 Å². The van der Waals surface area contributed by atoms with Crippen molar-refractivity contribution in [2.45, 2.75) is 19.8 Å². The Balaban J connectivity index is 1.93. The number of fused-ring (bicyclic) bond motifs is 3. The predicted octanol–water partition coefficient (Wildman–Crippen LogP) is 4.58. The highest BCUT2D eigenvalue weighted by Crippen LogP contribution is 2.46. The van der Waals surface area contributed by atoms with Gasteiger partial charge in [-0.3, -0.25) is 9.79 Å². The molecular formula is C22H18ClNO3. The van der Waals surface area contributed by atoms with Crippen molar-refractivity contribution in [2.75, 3.05) is 6.61 Å². The summed E-state index contributed by atoms with van der Waals surface area (Å²) in [5.74, 6) is -1.43. The van der Waals surface area contributed by atoms with Crippen LogP contribution in [0.25, 0.3) is 0 Å². The highest BCUT2D eigenvalue weighted by Gasteiger charge is 2.47. The van der Waals surface area contributed by atoms with Crippen molar-refractivity contribution in [1.82, 2.24) is 0 Å². The predicted molar refractivity (Wildman–Crippen MR) is 104 cm³/mol. The molecule has 4 rings (SSSR count). The standard InChI is InChI=1S/C22H18ClNO3/c1-3-27-22(26)17-12(2)24-20-15-6-4-5-7-16(15)21(25)19(20)18(17)13-8-10-14(23)11-9-13/h4-11,18-19H,3H2,1-2H3/t18-,19-/m1/s1. The molecule has 2 aromatic rings. The molecule has 0 radical (unpaired) electrons. The summed E-state index contributed by atoms with van der Waals surface area (Å²) >= 11 is 6.05. The number of carbonyl (C=O) groups excluding carboxylic acids is 2. The number of nitrogens with zero attached hydrogens (tertiary/aromatic N) is 1. The highest BCUT2D eigenvalue weighted by atomic mass is 35.5. The molecule has 1 aliphatic heterocycles. The third kappa shape index (κ3) is 2.81. The maximum absolute atomic E-state index is 13.2. The molecule has 2 aromatic carbocycles. The SMILES string of the molecule is CCOC(=O)C1=C(C)N=C2c3ccccc3C(=O)[C@@H]2[C@@H]1c1ccc(Cl)cc1. The first kappa shape index (κ1) is 17.7. The molecule has 136 valence electrons. The number of benzene rings is 2. The minimum absolute atomic E-state index is 0.0152. The van der Waals surface area contributed by atoms with Gasteiger partial charge in [0.25, 0.3) is 0 Å². The van der Waals surface area contributed by atoms with Gasteiger partial charge in [-0.1, -0.05) is 48.0 Å². The fourth-order valence-electron chi connectivity index (χ4n) is 3.96. The Morgan fingerprint density at radius 1 is 1.07 bits per heavy atom. The molecule has 2 aliphatic rings. The highest BCUT2D eigenvalue weighted by molar-refractivity contribution is 6.31. The Labute approximate surface area is 162 Å². The summed E-state index contributed by atoms with van der Waals surface area (Å²) < 4.78 is 5.28. The van der Waals surface area contributed by atoms with Crippen LogP contribution in [0.2, 0.25) is 5.02 Å². The second kappa shape index (κ2) is 6.78.